The Morgan fingerprint density at radius 2 is 1.21 bits per heavy atom. The molecule has 0 N–H and O–H groups in total. The van der Waals surface area contributed by atoms with Crippen LogP contribution in [0.3, 0.4) is 0 Å². The first kappa shape index (κ1) is 21.7. The second kappa shape index (κ2) is 8.61. The van der Waals surface area contributed by atoms with Crippen LogP contribution in [0.2, 0.25) is 0 Å². The van der Waals surface area contributed by atoms with Crippen molar-refractivity contribution in [3.63, 3.8) is 0 Å². The van der Waals surface area contributed by atoms with Crippen LogP contribution in [0.25, 0.3) is 55.3 Å². The van der Waals surface area contributed by atoms with Crippen molar-refractivity contribution in [2.75, 3.05) is 4.90 Å². The quantitative estimate of drug-likeness (QED) is 0.240. The standard InChI is InChI=1S/C35H22N2O2/c1-3-10-24(11-4-1)35-36-30-18-20-32-33(34(30)39-35)29-22-28(17-19-31(29)38-32)37(26-13-5-2-6-14-26)27-16-15-23-9-7-8-12-25(23)21-27/h1-22H. The van der Waals surface area contributed by atoms with E-state index in [0.717, 1.165) is 55.7 Å². The number of benzene rings is 6. The highest BCUT2D eigenvalue weighted by Gasteiger charge is 2.19. The largest absolute Gasteiger partial charge is 0.456 e. The van der Waals surface area contributed by atoms with Gasteiger partial charge in [-0.3, -0.25) is 0 Å². The average molecular weight is 503 g/mol. The SMILES string of the molecule is c1ccc(-c2nc3ccc4oc5ccc(N(c6ccccc6)c6ccc7ccccc7c6)cc5c4c3o2)cc1. The van der Waals surface area contributed by atoms with Crippen molar-refractivity contribution < 1.29 is 8.83 Å². The van der Waals surface area contributed by atoms with Gasteiger partial charge in [-0.05, 0) is 77.5 Å². The van der Waals surface area contributed by atoms with Gasteiger partial charge in [-0.2, -0.15) is 0 Å². The Bertz CT molecular complexity index is 2130. The summed E-state index contributed by atoms with van der Waals surface area (Å²) in [6, 6.07) is 45.7. The van der Waals surface area contributed by atoms with E-state index in [2.05, 4.69) is 83.8 Å². The minimum Gasteiger partial charge on any atom is -0.456 e. The number of rotatable bonds is 4. The number of furan rings is 1. The number of aromatic nitrogens is 1. The molecule has 2 aromatic heterocycles. The molecule has 0 amide bonds. The summed E-state index contributed by atoms with van der Waals surface area (Å²) in [7, 11) is 0. The topological polar surface area (TPSA) is 42.4 Å². The summed E-state index contributed by atoms with van der Waals surface area (Å²) >= 11 is 0. The highest BCUT2D eigenvalue weighted by Crippen LogP contribution is 2.41. The van der Waals surface area contributed by atoms with E-state index < -0.39 is 0 Å². The molecule has 39 heavy (non-hydrogen) atoms. The second-order valence-electron chi connectivity index (χ2n) is 9.66. The molecule has 6 aromatic carbocycles. The third kappa shape index (κ3) is 3.57. The summed E-state index contributed by atoms with van der Waals surface area (Å²) in [5, 5.41) is 4.34. The van der Waals surface area contributed by atoms with Gasteiger partial charge in [0.15, 0.2) is 5.58 Å². The normalized spacial score (nSPS) is 11.6. The van der Waals surface area contributed by atoms with Gasteiger partial charge in [0.2, 0.25) is 5.89 Å². The van der Waals surface area contributed by atoms with E-state index in [1.54, 1.807) is 0 Å². The number of hydrogen-bond donors (Lipinski definition) is 0. The van der Waals surface area contributed by atoms with Crippen LogP contribution in [0.5, 0.6) is 0 Å². The Kier molecular flexibility index (Phi) is 4.79. The van der Waals surface area contributed by atoms with E-state index in [1.165, 1.54) is 10.8 Å². The van der Waals surface area contributed by atoms with Crippen molar-refractivity contribution in [2.24, 2.45) is 0 Å². The number of para-hydroxylation sites is 1. The maximum Gasteiger partial charge on any atom is 0.227 e. The smallest absolute Gasteiger partial charge is 0.227 e. The number of hydrogen-bond acceptors (Lipinski definition) is 4. The maximum atomic E-state index is 6.37. The first-order valence-corrected chi connectivity index (χ1v) is 13.0. The van der Waals surface area contributed by atoms with Crippen LogP contribution in [0.1, 0.15) is 0 Å². The van der Waals surface area contributed by atoms with Crippen LogP contribution in [0.15, 0.2) is 142 Å². The van der Waals surface area contributed by atoms with Crippen molar-refractivity contribution in [1.29, 1.82) is 0 Å². The Balaban J connectivity index is 1.36. The van der Waals surface area contributed by atoms with Crippen LogP contribution in [-0.2, 0) is 0 Å². The fourth-order valence-corrected chi connectivity index (χ4v) is 5.42. The van der Waals surface area contributed by atoms with E-state index in [1.807, 2.05) is 54.6 Å². The Hall–Kier alpha value is -5.35. The van der Waals surface area contributed by atoms with Gasteiger partial charge >= 0.3 is 0 Å². The van der Waals surface area contributed by atoms with E-state index >= 15 is 0 Å². The lowest BCUT2D eigenvalue weighted by Crippen LogP contribution is -2.09. The van der Waals surface area contributed by atoms with E-state index in [9.17, 15) is 0 Å². The monoisotopic (exact) mass is 502 g/mol. The van der Waals surface area contributed by atoms with Crippen LogP contribution in [-0.4, -0.2) is 4.98 Å². The van der Waals surface area contributed by atoms with Crippen molar-refractivity contribution >= 4 is 60.9 Å². The van der Waals surface area contributed by atoms with Gasteiger partial charge in [0, 0.05) is 28.0 Å². The molecule has 184 valence electrons. The molecule has 0 saturated heterocycles. The summed E-state index contributed by atoms with van der Waals surface area (Å²) in [6.45, 7) is 0. The van der Waals surface area contributed by atoms with Gasteiger partial charge in [-0.25, -0.2) is 4.98 Å². The van der Waals surface area contributed by atoms with E-state index in [-0.39, 0.29) is 0 Å². The van der Waals surface area contributed by atoms with E-state index in [0.29, 0.717) is 5.89 Å². The fraction of sp³-hybridized carbons (Fsp3) is 0. The Morgan fingerprint density at radius 1 is 0.513 bits per heavy atom. The van der Waals surface area contributed by atoms with Gasteiger partial charge in [0.1, 0.15) is 16.7 Å². The van der Waals surface area contributed by atoms with Gasteiger partial charge in [0.25, 0.3) is 0 Å². The van der Waals surface area contributed by atoms with Gasteiger partial charge < -0.3 is 13.7 Å². The number of fused-ring (bicyclic) bond motifs is 6. The molecule has 2 heterocycles. The number of nitrogens with zero attached hydrogens (tertiary/aromatic N) is 2. The summed E-state index contributed by atoms with van der Waals surface area (Å²) in [6.07, 6.45) is 0. The molecular weight excluding hydrogens is 480 g/mol. The molecule has 4 heteroatoms. The lowest BCUT2D eigenvalue weighted by atomic mass is 10.1. The predicted octanol–water partition coefficient (Wildman–Crippen LogP) is 10.0. The van der Waals surface area contributed by atoms with Crippen LogP contribution < -0.4 is 4.90 Å². The zero-order valence-corrected chi connectivity index (χ0v) is 20.9. The first-order chi connectivity index (χ1) is 19.3. The fourth-order valence-electron chi connectivity index (χ4n) is 5.42. The zero-order chi connectivity index (χ0) is 25.8. The number of oxazole rings is 1. The molecule has 0 aliphatic rings. The molecular formula is C35H22N2O2. The average Bonchev–Trinajstić information content (AvgIpc) is 3.60. The van der Waals surface area contributed by atoms with Gasteiger partial charge in [-0.15, -0.1) is 0 Å². The molecule has 8 rings (SSSR count). The molecule has 8 aromatic rings. The molecule has 0 bridgehead atoms. The van der Waals surface area contributed by atoms with Crippen LogP contribution in [0, 0.1) is 0 Å². The Labute approximate surface area is 224 Å². The second-order valence-corrected chi connectivity index (χ2v) is 9.66. The van der Waals surface area contributed by atoms with Crippen molar-refractivity contribution in [3.8, 4) is 11.5 Å². The lowest BCUT2D eigenvalue weighted by molar-refractivity contribution is 0.622. The van der Waals surface area contributed by atoms with Crippen LogP contribution >= 0.6 is 0 Å². The molecule has 0 unspecified atom stereocenters. The van der Waals surface area contributed by atoms with Crippen LogP contribution in [0.4, 0.5) is 17.1 Å². The third-order valence-electron chi connectivity index (χ3n) is 7.26. The molecule has 0 aliphatic heterocycles. The predicted molar refractivity (Wildman–Crippen MR) is 159 cm³/mol. The zero-order valence-electron chi connectivity index (χ0n) is 20.9. The summed E-state index contributed by atoms with van der Waals surface area (Å²) in [5.41, 5.74) is 7.28. The molecule has 0 radical (unpaired) electrons. The third-order valence-corrected chi connectivity index (χ3v) is 7.26. The van der Waals surface area contributed by atoms with Crippen molar-refractivity contribution in [3.05, 3.63) is 133 Å². The highest BCUT2D eigenvalue weighted by atomic mass is 16.4. The maximum absolute atomic E-state index is 6.37. The Morgan fingerprint density at radius 3 is 2.05 bits per heavy atom. The molecule has 0 spiro atoms. The molecule has 0 atom stereocenters. The van der Waals surface area contributed by atoms with Crippen molar-refractivity contribution in [2.45, 2.75) is 0 Å². The van der Waals surface area contributed by atoms with Gasteiger partial charge in [-0.1, -0.05) is 66.7 Å². The number of anilines is 3. The molecule has 0 aliphatic carbocycles. The van der Waals surface area contributed by atoms with E-state index in [4.69, 9.17) is 13.8 Å². The molecule has 0 saturated carbocycles. The molecule has 4 nitrogen and oxygen atoms in total. The first-order valence-electron chi connectivity index (χ1n) is 13.0. The lowest BCUT2D eigenvalue weighted by Gasteiger charge is -2.25. The summed E-state index contributed by atoms with van der Waals surface area (Å²) in [4.78, 5) is 7.06. The minimum absolute atomic E-state index is 0.602. The highest BCUT2D eigenvalue weighted by molar-refractivity contribution is 6.17. The minimum atomic E-state index is 0.602. The summed E-state index contributed by atoms with van der Waals surface area (Å²) in [5.74, 6) is 0.602. The van der Waals surface area contributed by atoms with Crippen molar-refractivity contribution in [1.82, 2.24) is 4.98 Å². The van der Waals surface area contributed by atoms with Gasteiger partial charge in [0.05, 0.1) is 5.39 Å². The molecule has 0 fully saturated rings. The summed E-state index contributed by atoms with van der Waals surface area (Å²) < 4.78 is 12.6.